The SMILES string of the molecule is CCNC(=NCc1ccc(OC)c(O)c1)NCCCn1ccc2ccccc21.I. The minimum atomic E-state index is 0. The van der Waals surface area contributed by atoms with Crippen LogP contribution < -0.4 is 15.4 Å². The van der Waals surface area contributed by atoms with E-state index in [1.165, 1.54) is 18.0 Å². The Bertz CT molecular complexity index is 939. The summed E-state index contributed by atoms with van der Waals surface area (Å²) in [5, 5.41) is 17.8. The number of nitrogens with one attached hydrogen (secondary N) is 2. The van der Waals surface area contributed by atoms with Gasteiger partial charge < -0.3 is 25.0 Å². The third-order valence-electron chi connectivity index (χ3n) is 4.56. The van der Waals surface area contributed by atoms with Gasteiger partial charge in [-0.15, -0.1) is 24.0 Å². The van der Waals surface area contributed by atoms with Gasteiger partial charge in [0.1, 0.15) is 0 Å². The maximum atomic E-state index is 9.89. The number of methoxy groups -OCH3 is 1. The minimum absolute atomic E-state index is 0. The highest BCUT2D eigenvalue weighted by Crippen LogP contribution is 2.26. The van der Waals surface area contributed by atoms with Gasteiger partial charge in [-0.05, 0) is 48.6 Å². The van der Waals surface area contributed by atoms with Crippen molar-refractivity contribution in [1.29, 1.82) is 0 Å². The van der Waals surface area contributed by atoms with Crippen LogP contribution in [0, 0.1) is 0 Å². The number of aryl methyl sites for hydroxylation is 1. The monoisotopic (exact) mass is 508 g/mol. The van der Waals surface area contributed by atoms with Crippen molar-refractivity contribution >= 4 is 40.8 Å². The number of para-hydroxylation sites is 1. The molecule has 3 aromatic rings. The van der Waals surface area contributed by atoms with E-state index in [1.807, 2.05) is 13.0 Å². The van der Waals surface area contributed by atoms with Crippen LogP contribution in [0.2, 0.25) is 0 Å². The molecule has 0 aliphatic carbocycles. The van der Waals surface area contributed by atoms with Gasteiger partial charge in [0.25, 0.3) is 0 Å². The van der Waals surface area contributed by atoms with Crippen LogP contribution in [-0.4, -0.2) is 35.8 Å². The smallest absolute Gasteiger partial charge is 0.191 e. The third kappa shape index (κ3) is 6.28. The van der Waals surface area contributed by atoms with Crippen molar-refractivity contribution in [3.63, 3.8) is 0 Å². The number of halogens is 1. The summed E-state index contributed by atoms with van der Waals surface area (Å²) in [5.74, 6) is 1.37. The largest absolute Gasteiger partial charge is 0.504 e. The molecule has 1 aromatic heterocycles. The van der Waals surface area contributed by atoms with E-state index in [2.05, 4.69) is 56.7 Å². The molecule has 0 aliphatic rings. The molecule has 0 saturated heterocycles. The number of nitrogens with zero attached hydrogens (tertiary/aromatic N) is 2. The zero-order chi connectivity index (χ0) is 19.8. The standard InChI is InChI=1S/C22H28N4O2.HI/c1-3-23-22(25-16-17-9-10-21(28-2)20(27)15-17)24-12-6-13-26-14-11-18-7-4-5-8-19(18)26;/h4-5,7-11,14-15,27H,3,6,12-13,16H2,1-2H3,(H2,23,24,25);1H. The average molecular weight is 508 g/mol. The van der Waals surface area contributed by atoms with Crippen molar-refractivity contribution in [2.75, 3.05) is 20.2 Å². The number of aliphatic imine (C=N–C) groups is 1. The predicted molar refractivity (Wildman–Crippen MR) is 129 cm³/mol. The lowest BCUT2D eigenvalue weighted by molar-refractivity contribution is 0.373. The summed E-state index contributed by atoms with van der Waals surface area (Å²) in [4.78, 5) is 4.60. The van der Waals surface area contributed by atoms with Crippen molar-refractivity contribution in [2.45, 2.75) is 26.4 Å². The maximum Gasteiger partial charge on any atom is 0.191 e. The second kappa shape index (κ2) is 11.5. The Balaban J connectivity index is 0.00000300. The molecule has 0 unspecified atom stereocenters. The molecule has 0 saturated carbocycles. The first kappa shape index (κ1) is 22.9. The van der Waals surface area contributed by atoms with Gasteiger partial charge in [-0.25, -0.2) is 4.99 Å². The number of benzene rings is 2. The number of phenols is 1. The summed E-state index contributed by atoms with van der Waals surface area (Å²) < 4.78 is 7.35. The van der Waals surface area contributed by atoms with Crippen molar-refractivity contribution in [2.24, 2.45) is 4.99 Å². The Morgan fingerprint density at radius 2 is 1.97 bits per heavy atom. The van der Waals surface area contributed by atoms with Gasteiger partial charge in [0.2, 0.25) is 0 Å². The van der Waals surface area contributed by atoms with Crippen molar-refractivity contribution in [1.82, 2.24) is 15.2 Å². The highest BCUT2D eigenvalue weighted by Gasteiger charge is 2.04. The lowest BCUT2D eigenvalue weighted by Gasteiger charge is -2.12. The molecule has 29 heavy (non-hydrogen) atoms. The number of ether oxygens (including phenoxy) is 1. The summed E-state index contributed by atoms with van der Waals surface area (Å²) in [5.41, 5.74) is 2.19. The Kier molecular flexibility index (Phi) is 9.11. The van der Waals surface area contributed by atoms with E-state index >= 15 is 0 Å². The molecule has 156 valence electrons. The topological polar surface area (TPSA) is 70.8 Å². The van der Waals surface area contributed by atoms with E-state index in [1.54, 1.807) is 12.1 Å². The molecule has 0 aliphatic heterocycles. The third-order valence-corrected chi connectivity index (χ3v) is 4.56. The molecule has 7 heteroatoms. The van der Waals surface area contributed by atoms with Gasteiger partial charge in [-0.3, -0.25) is 0 Å². The molecular formula is C22H29IN4O2. The molecule has 3 N–H and O–H groups in total. The minimum Gasteiger partial charge on any atom is -0.504 e. The van der Waals surface area contributed by atoms with Crippen LogP contribution in [0.25, 0.3) is 10.9 Å². The fourth-order valence-electron chi connectivity index (χ4n) is 3.14. The molecule has 6 nitrogen and oxygen atoms in total. The summed E-state index contributed by atoms with van der Waals surface area (Å²) in [7, 11) is 1.54. The molecule has 0 fully saturated rings. The van der Waals surface area contributed by atoms with Crippen molar-refractivity contribution < 1.29 is 9.84 Å². The summed E-state index contributed by atoms with van der Waals surface area (Å²) in [6.07, 6.45) is 3.13. The first-order valence-electron chi connectivity index (χ1n) is 9.63. The van der Waals surface area contributed by atoms with Gasteiger partial charge in [-0.2, -0.15) is 0 Å². The Hall–Kier alpha value is -2.42. The van der Waals surface area contributed by atoms with Crippen LogP contribution in [0.1, 0.15) is 18.9 Å². The van der Waals surface area contributed by atoms with E-state index in [4.69, 9.17) is 4.74 Å². The fourth-order valence-corrected chi connectivity index (χ4v) is 3.14. The molecule has 0 bridgehead atoms. The molecule has 0 amide bonds. The lowest BCUT2D eigenvalue weighted by atomic mass is 10.2. The number of hydrogen-bond acceptors (Lipinski definition) is 3. The number of aromatic nitrogens is 1. The molecular weight excluding hydrogens is 479 g/mol. The first-order chi connectivity index (χ1) is 13.7. The van der Waals surface area contributed by atoms with Crippen molar-refractivity contribution in [3.05, 3.63) is 60.3 Å². The predicted octanol–water partition coefficient (Wildman–Crippen LogP) is 4.12. The summed E-state index contributed by atoms with van der Waals surface area (Å²) in [6.45, 7) is 5.10. The second-order valence-corrected chi connectivity index (χ2v) is 6.55. The van der Waals surface area contributed by atoms with Crippen LogP contribution in [-0.2, 0) is 13.1 Å². The number of hydrogen-bond donors (Lipinski definition) is 3. The van der Waals surface area contributed by atoms with Gasteiger partial charge in [0.05, 0.1) is 13.7 Å². The zero-order valence-electron chi connectivity index (χ0n) is 16.9. The number of phenolic OH excluding ortho intramolecular Hbond substituents is 1. The van der Waals surface area contributed by atoms with E-state index in [0.717, 1.165) is 37.6 Å². The quantitative estimate of drug-likeness (QED) is 0.185. The number of rotatable bonds is 8. The molecule has 0 radical (unpaired) electrons. The fraction of sp³-hybridized carbons (Fsp3) is 0.318. The van der Waals surface area contributed by atoms with Crippen molar-refractivity contribution in [3.8, 4) is 11.5 Å². The Morgan fingerprint density at radius 3 is 2.72 bits per heavy atom. The Morgan fingerprint density at radius 1 is 1.14 bits per heavy atom. The average Bonchev–Trinajstić information content (AvgIpc) is 3.12. The number of fused-ring (bicyclic) bond motifs is 1. The van der Waals surface area contributed by atoms with Crippen LogP contribution in [0.5, 0.6) is 11.5 Å². The van der Waals surface area contributed by atoms with Gasteiger partial charge >= 0.3 is 0 Å². The molecule has 3 rings (SSSR count). The normalized spacial score (nSPS) is 11.2. The van der Waals surface area contributed by atoms with Crippen LogP contribution in [0.3, 0.4) is 0 Å². The van der Waals surface area contributed by atoms with Gasteiger partial charge in [0.15, 0.2) is 17.5 Å². The molecule has 0 atom stereocenters. The molecule has 0 spiro atoms. The zero-order valence-corrected chi connectivity index (χ0v) is 19.2. The van der Waals surface area contributed by atoms with Gasteiger partial charge in [0, 0.05) is 31.3 Å². The lowest BCUT2D eigenvalue weighted by Crippen LogP contribution is -2.38. The van der Waals surface area contributed by atoms with E-state index in [9.17, 15) is 5.11 Å². The Labute approximate surface area is 189 Å². The van der Waals surface area contributed by atoms with Crippen LogP contribution in [0.4, 0.5) is 0 Å². The number of guanidine groups is 1. The van der Waals surface area contributed by atoms with Gasteiger partial charge in [-0.1, -0.05) is 24.3 Å². The van der Waals surface area contributed by atoms with Crippen LogP contribution in [0.15, 0.2) is 59.7 Å². The summed E-state index contributed by atoms with van der Waals surface area (Å²) >= 11 is 0. The highest BCUT2D eigenvalue weighted by atomic mass is 127. The maximum absolute atomic E-state index is 9.89. The molecule has 1 heterocycles. The first-order valence-corrected chi connectivity index (χ1v) is 9.63. The van der Waals surface area contributed by atoms with E-state index in [-0.39, 0.29) is 29.7 Å². The van der Waals surface area contributed by atoms with E-state index in [0.29, 0.717) is 12.3 Å². The second-order valence-electron chi connectivity index (χ2n) is 6.55. The van der Waals surface area contributed by atoms with E-state index < -0.39 is 0 Å². The number of aromatic hydroxyl groups is 1. The highest BCUT2D eigenvalue weighted by molar-refractivity contribution is 14.0. The summed E-state index contributed by atoms with van der Waals surface area (Å²) in [6, 6.07) is 15.9. The molecule has 2 aromatic carbocycles. The van der Waals surface area contributed by atoms with Crippen LogP contribution >= 0.6 is 24.0 Å².